The molecule has 13 nitrogen and oxygen atoms in total. The van der Waals surface area contributed by atoms with Crippen LogP contribution in [0.25, 0.3) is 11.0 Å². The molecule has 8 atom stereocenters. The molecule has 318 valence electrons. The Hall–Kier alpha value is -3.95. The lowest BCUT2D eigenvalue weighted by Crippen LogP contribution is -2.50. The fourth-order valence-corrected chi connectivity index (χ4v) is 10.6. The normalized spacial score (nSPS) is 31.5. The van der Waals surface area contributed by atoms with Crippen molar-refractivity contribution in [2.45, 2.75) is 141 Å². The van der Waals surface area contributed by atoms with Crippen LogP contribution in [0, 0.1) is 34.5 Å². The van der Waals surface area contributed by atoms with Crippen LogP contribution in [0.4, 0.5) is 8.78 Å². The van der Waals surface area contributed by atoms with Crippen molar-refractivity contribution in [2.24, 2.45) is 34.5 Å². The largest absolute Gasteiger partial charge is 0.497 e. The molecule has 3 heterocycles. The molecule has 0 unspecified atom stereocenters. The van der Waals surface area contributed by atoms with Gasteiger partial charge >= 0.3 is 5.97 Å². The number of halogens is 2. The monoisotopic (exact) mass is 830 g/mol. The first-order valence-corrected chi connectivity index (χ1v) is 22.4. The Morgan fingerprint density at radius 3 is 2.40 bits per heavy atom. The first-order valence-electron chi connectivity index (χ1n) is 20.8. The van der Waals surface area contributed by atoms with E-state index in [0.29, 0.717) is 50.7 Å². The van der Waals surface area contributed by atoms with Crippen molar-refractivity contribution in [3.8, 4) is 11.6 Å². The second kappa shape index (κ2) is 15.6. The summed E-state index contributed by atoms with van der Waals surface area (Å²) in [4.78, 5) is 67.4. The number of fused-ring (bicyclic) bond motifs is 5. The summed E-state index contributed by atoms with van der Waals surface area (Å²) >= 11 is 0. The molecular formula is C42H56F2N4O9S. The van der Waals surface area contributed by atoms with Gasteiger partial charge in [-0.25, -0.2) is 18.4 Å². The number of Topliss-reactive ketones (excluding diaryl/α,β-unsaturated/α-hetero) is 1. The highest BCUT2D eigenvalue weighted by Gasteiger charge is 2.63. The van der Waals surface area contributed by atoms with Crippen LogP contribution in [-0.4, -0.2) is 84.0 Å². The van der Waals surface area contributed by atoms with Gasteiger partial charge in [-0.2, -0.15) is 8.78 Å². The Bertz CT molecular complexity index is 2070. The molecule has 3 aliphatic carbocycles. The van der Waals surface area contributed by atoms with E-state index in [4.69, 9.17) is 14.2 Å². The van der Waals surface area contributed by atoms with Crippen molar-refractivity contribution in [1.82, 2.24) is 19.6 Å². The minimum absolute atomic E-state index is 0.0411. The molecule has 58 heavy (non-hydrogen) atoms. The summed E-state index contributed by atoms with van der Waals surface area (Å²) in [6.45, 7) is 8.96. The predicted octanol–water partition coefficient (Wildman–Crippen LogP) is 6.26. The van der Waals surface area contributed by atoms with E-state index in [9.17, 15) is 27.6 Å². The minimum Gasteiger partial charge on any atom is -0.497 e. The van der Waals surface area contributed by atoms with Gasteiger partial charge in [0.15, 0.2) is 11.5 Å². The van der Waals surface area contributed by atoms with Gasteiger partial charge < -0.3 is 19.1 Å². The zero-order valence-corrected chi connectivity index (χ0v) is 35.0. The van der Waals surface area contributed by atoms with Gasteiger partial charge in [0.2, 0.25) is 27.7 Å². The molecule has 1 saturated heterocycles. The number of nitrogens with one attached hydrogen (secondary N) is 1. The maximum Gasteiger partial charge on any atom is 0.306 e. The van der Waals surface area contributed by atoms with Crippen LogP contribution in [0.3, 0.4) is 0 Å². The van der Waals surface area contributed by atoms with E-state index in [1.807, 2.05) is 27.7 Å². The molecule has 2 bridgehead atoms. The number of hydrogen-bond acceptors (Lipinski definition) is 11. The summed E-state index contributed by atoms with van der Waals surface area (Å²) in [6, 6.07) is 3.54. The molecule has 7 rings (SSSR count). The highest BCUT2D eigenvalue weighted by molar-refractivity contribution is 7.90. The third-order valence-electron chi connectivity index (χ3n) is 13.2. The van der Waals surface area contributed by atoms with E-state index < -0.39 is 97.6 Å². The zero-order valence-electron chi connectivity index (χ0n) is 34.2. The van der Waals surface area contributed by atoms with Gasteiger partial charge in [0.1, 0.15) is 18.0 Å². The lowest BCUT2D eigenvalue weighted by atomic mass is 9.77. The topological polar surface area (TPSA) is 171 Å². The molecule has 2 aromatic rings. The van der Waals surface area contributed by atoms with E-state index in [0.717, 1.165) is 0 Å². The second-order valence-electron chi connectivity index (χ2n) is 18.3. The molecule has 1 N–H and O–H groups in total. The number of benzene rings is 1. The number of sulfonamides is 1. The summed E-state index contributed by atoms with van der Waals surface area (Å²) in [6.07, 6.45) is 1.41. The lowest BCUT2D eigenvalue weighted by Gasteiger charge is -2.35. The highest BCUT2D eigenvalue weighted by atomic mass is 32.2. The summed E-state index contributed by atoms with van der Waals surface area (Å²) in [5.74, 6) is -7.58. The Kier molecular flexibility index (Phi) is 11.3. The molecule has 0 spiro atoms. The number of carbonyl (C=O) groups excluding carboxylic acids is 4. The van der Waals surface area contributed by atoms with Crippen LogP contribution in [-0.2, 0) is 39.9 Å². The predicted molar refractivity (Wildman–Crippen MR) is 208 cm³/mol. The molecule has 5 aliphatic rings. The molecule has 2 amide bonds. The van der Waals surface area contributed by atoms with E-state index in [-0.39, 0.29) is 61.2 Å². The molecule has 16 heteroatoms. The Morgan fingerprint density at radius 2 is 1.76 bits per heavy atom. The number of carbonyl (C=O) groups is 4. The van der Waals surface area contributed by atoms with Crippen LogP contribution in [0.5, 0.6) is 11.6 Å². The van der Waals surface area contributed by atoms with Crippen molar-refractivity contribution >= 4 is 44.6 Å². The third kappa shape index (κ3) is 8.40. The number of nitrogens with zero attached hydrogens (tertiary/aromatic N) is 3. The molecule has 4 fully saturated rings. The first kappa shape index (κ1) is 42.2. The van der Waals surface area contributed by atoms with Gasteiger partial charge in [0.05, 0.1) is 53.7 Å². The average molecular weight is 831 g/mol. The maximum atomic E-state index is 16.4. The molecule has 0 radical (unpaired) electrons. The third-order valence-corrected chi connectivity index (χ3v) is 15.0. The van der Waals surface area contributed by atoms with Crippen molar-refractivity contribution in [1.29, 1.82) is 0 Å². The highest BCUT2D eigenvalue weighted by Crippen LogP contribution is 2.58. The summed E-state index contributed by atoms with van der Waals surface area (Å²) in [5, 5.41) is -0.643. The van der Waals surface area contributed by atoms with Gasteiger partial charge in [-0.1, -0.05) is 47.5 Å². The van der Waals surface area contributed by atoms with E-state index >= 15 is 8.78 Å². The number of aromatic nitrogens is 2. The molecule has 3 saturated carbocycles. The van der Waals surface area contributed by atoms with Crippen molar-refractivity contribution < 1.29 is 50.6 Å². The van der Waals surface area contributed by atoms with Crippen LogP contribution >= 0.6 is 0 Å². The van der Waals surface area contributed by atoms with E-state index in [1.54, 1.807) is 25.1 Å². The van der Waals surface area contributed by atoms with Crippen LogP contribution in [0.15, 0.2) is 18.2 Å². The number of rotatable bonds is 9. The van der Waals surface area contributed by atoms with Crippen molar-refractivity contribution in [3.05, 3.63) is 23.9 Å². The Morgan fingerprint density at radius 1 is 1.02 bits per heavy atom. The molecule has 1 aromatic heterocycles. The van der Waals surface area contributed by atoms with Crippen molar-refractivity contribution in [3.63, 3.8) is 0 Å². The van der Waals surface area contributed by atoms with Crippen LogP contribution in [0.2, 0.25) is 0 Å². The minimum atomic E-state index is -3.90. The van der Waals surface area contributed by atoms with Crippen LogP contribution < -0.4 is 14.2 Å². The number of ether oxygens (including phenoxy) is 3. The van der Waals surface area contributed by atoms with Gasteiger partial charge in [-0.15, -0.1) is 0 Å². The average Bonchev–Trinajstić information content (AvgIpc) is 4.08. The Labute approximate surface area is 338 Å². The van der Waals surface area contributed by atoms with Gasteiger partial charge in [-0.05, 0) is 74.3 Å². The molecule has 2 aliphatic heterocycles. The van der Waals surface area contributed by atoms with Crippen molar-refractivity contribution in [2.75, 3.05) is 13.7 Å². The Balaban J connectivity index is 1.29. The number of alkyl halides is 2. The number of hydrogen-bond donors (Lipinski definition) is 1. The zero-order chi connectivity index (χ0) is 41.9. The number of ketones is 1. The van der Waals surface area contributed by atoms with E-state index in [1.165, 1.54) is 12.0 Å². The van der Waals surface area contributed by atoms with Gasteiger partial charge in [0.25, 0.3) is 5.92 Å². The maximum absolute atomic E-state index is 16.4. The number of esters is 1. The first-order chi connectivity index (χ1) is 27.3. The van der Waals surface area contributed by atoms with E-state index in [2.05, 4.69) is 14.7 Å². The van der Waals surface area contributed by atoms with Crippen LogP contribution in [0.1, 0.15) is 117 Å². The van der Waals surface area contributed by atoms with Gasteiger partial charge in [-0.3, -0.25) is 23.9 Å². The lowest BCUT2D eigenvalue weighted by molar-refractivity contribution is -0.154. The molecular weight excluding hydrogens is 775 g/mol. The summed E-state index contributed by atoms with van der Waals surface area (Å²) < 4.78 is 78.4. The fraction of sp³-hybridized carbons (Fsp3) is 0.714. The van der Waals surface area contributed by atoms with Gasteiger partial charge in [0, 0.05) is 24.8 Å². The SMILES string of the molecule is CC[C@@H]1[C@@H]2CN(C(=O)[C@H](C(C)(C)C)CC(=O)O[C@@H]3C[C@H]3CCCCC(F)(F)c3nc4ccc(OC)cc4nc3O2)[C@@H]1C(=O)C[C@]1(C(=O)NS(=O)(=O)C2CC2)C[C@H]1CC. The second-order valence-corrected chi connectivity index (χ2v) is 20.2. The fourth-order valence-electron chi connectivity index (χ4n) is 9.22. The smallest absolute Gasteiger partial charge is 0.306 e. The standard InChI is InChI=1S/C42H56F2N4O9S/c1-7-24-20-41(24,39(52)47-58(53,54)26-13-14-26)21-31(49)35-27(8-2)33-22-48(35)38(51)28(40(3,4)5)19-34(50)56-32-17-23(32)11-9-10-16-42(43,44)36-37(57-33)46-30-18-25(55-6)12-15-29(30)45-36/h12,15,18,23-24,26-28,32-33,35H,7-11,13-14,16-17,19-22H2,1-6H3,(H,47,52)/t23-,24-,27-,28-,32-,33+,35+,41-/m1/s1. The summed E-state index contributed by atoms with van der Waals surface area (Å²) in [5.41, 5.74) is -2.24. The number of amides is 2. The number of methoxy groups -OCH3 is 1. The summed E-state index contributed by atoms with van der Waals surface area (Å²) in [7, 11) is -2.43. The quantitative estimate of drug-likeness (QED) is 0.283. The molecule has 1 aromatic carbocycles.